The smallest absolute Gasteiger partial charge is 0.128 e. The molecule has 0 amide bonds. The zero-order valence-electron chi connectivity index (χ0n) is 40.5. The molecule has 0 saturated heterocycles. The molecule has 354 valence electrons. The van der Waals surface area contributed by atoms with E-state index in [1.54, 1.807) is 24.6 Å². The average Bonchev–Trinajstić information content (AvgIpc) is 3.27. The molecule has 6 nitrogen and oxygen atoms in total. The molecule has 0 aliphatic heterocycles. The average molecular weight is 861 g/mol. The summed E-state index contributed by atoms with van der Waals surface area (Å²) >= 11 is 0. The SMILES string of the molecule is CCCCCCCCCCCCCCCCCCOc1ccc(C=NCCCCCCN=Cc2ccc(OCCCCCCCCCCCCCCCCCC)cc2O)c(O)c1. The van der Waals surface area contributed by atoms with Crippen LogP contribution >= 0.6 is 0 Å². The molecule has 2 aromatic carbocycles. The molecule has 0 radical (unpaired) electrons. The highest BCUT2D eigenvalue weighted by molar-refractivity contribution is 5.84. The monoisotopic (exact) mass is 861 g/mol. The minimum absolute atomic E-state index is 0.217. The van der Waals surface area contributed by atoms with Gasteiger partial charge < -0.3 is 19.7 Å². The zero-order chi connectivity index (χ0) is 44.2. The second-order valence-electron chi connectivity index (χ2n) is 18.2. The van der Waals surface area contributed by atoms with Gasteiger partial charge in [-0.25, -0.2) is 0 Å². The molecular weight excluding hydrogens is 765 g/mol. The van der Waals surface area contributed by atoms with E-state index in [0.29, 0.717) is 13.2 Å². The fourth-order valence-corrected chi connectivity index (χ4v) is 8.21. The highest BCUT2D eigenvalue weighted by Gasteiger charge is 2.04. The van der Waals surface area contributed by atoms with Crippen molar-refractivity contribution in [1.82, 2.24) is 0 Å². The topological polar surface area (TPSA) is 83.6 Å². The molecule has 0 aliphatic rings. The fraction of sp³-hybridized carbons (Fsp3) is 0.750. The molecule has 0 unspecified atom stereocenters. The van der Waals surface area contributed by atoms with Crippen molar-refractivity contribution in [3.05, 3.63) is 47.5 Å². The normalized spacial score (nSPS) is 11.7. The van der Waals surface area contributed by atoms with Crippen LogP contribution in [0.5, 0.6) is 23.0 Å². The van der Waals surface area contributed by atoms with E-state index in [0.717, 1.165) is 74.2 Å². The zero-order valence-corrected chi connectivity index (χ0v) is 40.5. The number of aromatic hydroxyl groups is 2. The lowest BCUT2D eigenvalue weighted by Crippen LogP contribution is -1.98. The van der Waals surface area contributed by atoms with Crippen LogP contribution in [-0.4, -0.2) is 48.9 Å². The Hall–Kier alpha value is -3.02. The van der Waals surface area contributed by atoms with Crippen LogP contribution in [0, 0.1) is 0 Å². The molecule has 2 N–H and O–H groups in total. The number of aliphatic imine (C=N–C) groups is 2. The predicted molar refractivity (Wildman–Crippen MR) is 270 cm³/mol. The van der Waals surface area contributed by atoms with Gasteiger partial charge in [0.25, 0.3) is 0 Å². The molecule has 0 spiro atoms. The largest absolute Gasteiger partial charge is 0.507 e. The third kappa shape index (κ3) is 32.6. The summed E-state index contributed by atoms with van der Waals surface area (Å²) in [6, 6.07) is 11.1. The Morgan fingerprint density at radius 3 is 0.887 bits per heavy atom. The van der Waals surface area contributed by atoms with Crippen LogP contribution in [-0.2, 0) is 0 Å². The van der Waals surface area contributed by atoms with Gasteiger partial charge in [0.15, 0.2) is 0 Å². The Morgan fingerprint density at radius 1 is 0.355 bits per heavy atom. The molecule has 6 heteroatoms. The first-order chi connectivity index (χ1) is 30.6. The van der Waals surface area contributed by atoms with Crippen molar-refractivity contribution in [1.29, 1.82) is 0 Å². The highest BCUT2D eigenvalue weighted by Crippen LogP contribution is 2.24. The lowest BCUT2D eigenvalue weighted by atomic mass is 10.0. The van der Waals surface area contributed by atoms with Crippen LogP contribution in [0.4, 0.5) is 0 Å². The predicted octanol–water partition coefficient (Wildman–Crippen LogP) is 17.5. The summed E-state index contributed by atoms with van der Waals surface area (Å²) in [5, 5.41) is 21.0. The second kappa shape index (κ2) is 42.0. The van der Waals surface area contributed by atoms with E-state index in [-0.39, 0.29) is 11.5 Å². The lowest BCUT2D eigenvalue weighted by molar-refractivity contribution is 0.302. The van der Waals surface area contributed by atoms with E-state index >= 15 is 0 Å². The van der Waals surface area contributed by atoms with Crippen molar-refractivity contribution < 1.29 is 19.7 Å². The van der Waals surface area contributed by atoms with Crippen LogP contribution in [0.3, 0.4) is 0 Å². The van der Waals surface area contributed by atoms with Crippen LogP contribution in [0.1, 0.15) is 256 Å². The number of rotatable bonds is 45. The maximum absolute atomic E-state index is 10.5. The quantitative estimate of drug-likeness (QED) is 0.0513. The van der Waals surface area contributed by atoms with Gasteiger partial charge in [-0.15, -0.1) is 0 Å². The second-order valence-corrected chi connectivity index (χ2v) is 18.2. The maximum atomic E-state index is 10.5. The molecule has 2 aromatic rings. The Balaban J connectivity index is 1.39. The Morgan fingerprint density at radius 2 is 0.613 bits per heavy atom. The van der Waals surface area contributed by atoms with Gasteiger partial charge in [0.05, 0.1) is 13.2 Å². The fourth-order valence-electron chi connectivity index (χ4n) is 8.21. The highest BCUT2D eigenvalue weighted by atomic mass is 16.5. The number of phenols is 2. The number of benzene rings is 2. The van der Waals surface area contributed by atoms with Crippen molar-refractivity contribution in [2.24, 2.45) is 9.98 Å². The minimum Gasteiger partial charge on any atom is -0.507 e. The van der Waals surface area contributed by atoms with Crippen molar-refractivity contribution in [3.63, 3.8) is 0 Å². The molecule has 0 heterocycles. The van der Waals surface area contributed by atoms with Gasteiger partial charge in [-0.2, -0.15) is 0 Å². The van der Waals surface area contributed by atoms with E-state index in [1.807, 2.05) is 24.3 Å². The molecule has 2 rings (SSSR count). The van der Waals surface area contributed by atoms with E-state index in [2.05, 4.69) is 23.8 Å². The number of nitrogens with zero attached hydrogens (tertiary/aromatic N) is 2. The van der Waals surface area contributed by atoms with Gasteiger partial charge in [-0.05, 0) is 49.9 Å². The Labute approximate surface area is 382 Å². The number of hydrogen-bond donors (Lipinski definition) is 2. The van der Waals surface area contributed by atoms with Crippen LogP contribution in [0.15, 0.2) is 46.4 Å². The standard InChI is InChI=1S/C56H96N2O4/c1-3-5-7-9-11-13-15-17-19-21-23-25-27-29-33-37-45-61-53-41-39-51(55(59)47-53)49-57-43-35-31-32-36-44-58-50-52-40-42-54(48-56(52)60)62-46-38-34-30-28-26-24-22-20-18-16-14-12-10-8-6-4-2/h39-42,47-50,59-60H,3-38,43-46H2,1-2H3. The molecule has 62 heavy (non-hydrogen) atoms. The van der Waals surface area contributed by atoms with Crippen molar-refractivity contribution in [2.45, 2.75) is 245 Å². The van der Waals surface area contributed by atoms with Gasteiger partial charge in [-0.3, -0.25) is 9.98 Å². The van der Waals surface area contributed by atoms with E-state index < -0.39 is 0 Å². The molecule has 0 aromatic heterocycles. The maximum Gasteiger partial charge on any atom is 0.128 e. The van der Waals surface area contributed by atoms with Crippen LogP contribution < -0.4 is 9.47 Å². The molecule has 0 atom stereocenters. The van der Waals surface area contributed by atoms with E-state index in [1.165, 1.54) is 193 Å². The van der Waals surface area contributed by atoms with Crippen molar-refractivity contribution in [2.75, 3.05) is 26.3 Å². The summed E-state index contributed by atoms with van der Waals surface area (Å²) in [5.74, 6) is 1.88. The number of unbranched alkanes of at least 4 members (excludes halogenated alkanes) is 33. The van der Waals surface area contributed by atoms with E-state index in [9.17, 15) is 10.2 Å². The molecule has 0 aliphatic carbocycles. The number of hydrogen-bond acceptors (Lipinski definition) is 6. The van der Waals surface area contributed by atoms with Gasteiger partial charge in [-0.1, -0.05) is 219 Å². The van der Waals surface area contributed by atoms with Gasteiger partial charge in [0.1, 0.15) is 23.0 Å². The Kier molecular flexibility index (Phi) is 37.3. The lowest BCUT2D eigenvalue weighted by Gasteiger charge is -2.08. The first-order valence-electron chi connectivity index (χ1n) is 26.5. The number of ether oxygens (including phenoxy) is 2. The van der Waals surface area contributed by atoms with E-state index in [4.69, 9.17) is 9.47 Å². The molecule has 0 fully saturated rings. The summed E-state index contributed by atoms with van der Waals surface area (Å²) in [6.07, 6.45) is 51.3. The molecule has 0 bridgehead atoms. The van der Waals surface area contributed by atoms with Gasteiger partial charge in [0, 0.05) is 48.8 Å². The third-order valence-electron chi connectivity index (χ3n) is 12.3. The summed E-state index contributed by atoms with van der Waals surface area (Å²) in [4.78, 5) is 9.08. The summed E-state index contributed by atoms with van der Waals surface area (Å²) < 4.78 is 11.8. The van der Waals surface area contributed by atoms with Crippen LogP contribution in [0.2, 0.25) is 0 Å². The van der Waals surface area contributed by atoms with Crippen LogP contribution in [0.25, 0.3) is 0 Å². The van der Waals surface area contributed by atoms with Gasteiger partial charge >= 0.3 is 0 Å². The third-order valence-corrected chi connectivity index (χ3v) is 12.3. The summed E-state index contributed by atoms with van der Waals surface area (Å²) in [6.45, 7) is 7.44. The molecule has 0 saturated carbocycles. The minimum atomic E-state index is 0.217. The molecular formula is C56H96N2O4. The summed E-state index contributed by atoms with van der Waals surface area (Å²) in [7, 11) is 0. The number of phenolic OH excluding ortho intramolecular Hbond substituents is 2. The summed E-state index contributed by atoms with van der Waals surface area (Å²) in [5.41, 5.74) is 1.46. The van der Waals surface area contributed by atoms with Crippen molar-refractivity contribution in [3.8, 4) is 23.0 Å². The Bertz CT molecular complexity index is 1240. The van der Waals surface area contributed by atoms with Crippen molar-refractivity contribution >= 4 is 12.4 Å². The van der Waals surface area contributed by atoms with Gasteiger partial charge in [0.2, 0.25) is 0 Å². The first-order valence-corrected chi connectivity index (χ1v) is 26.5. The first kappa shape index (κ1) is 55.1.